The van der Waals surface area contributed by atoms with E-state index in [1.807, 2.05) is 13.8 Å². The Morgan fingerprint density at radius 2 is 1.68 bits per heavy atom. The molecular weight excluding hydrogens is 521 g/mol. The number of rotatable bonds is 10. The first-order valence-electron chi connectivity index (χ1n) is 11.0. The van der Waals surface area contributed by atoms with Gasteiger partial charge in [-0.05, 0) is 63.6 Å². The van der Waals surface area contributed by atoms with Crippen molar-refractivity contribution in [3.05, 3.63) is 58.4 Å². The molecule has 0 spiro atoms. The average Bonchev–Trinajstić information content (AvgIpc) is 2.76. The van der Waals surface area contributed by atoms with Crippen LogP contribution in [0.3, 0.4) is 0 Å². The van der Waals surface area contributed by atoms with E-state index in [9.17, 15) is 27.9 Å². The number of ether oxygens (including phenoxy) is 2. The van der Waals surface area contributed by atoms with Gasteiger partial charge in [0.1, 0.15) is 5.75 Å². The topological polar surface area (TPSA) is 135 Å². The van der Waals surface area contributed by atoms with E-state index in [-0.39, 0.29) is 31.1 Å². The molecule has 37 heavy (non-hydrogen) atoms. The van der Waals surface area contributed by atoms with Gasteiger partial charge in [0.2, 0.25) is 0 Å². The first-order chi connectivity index (χ1) is 17.1. The monoisotopic (exact) mass is 548 g/mol. The molecule has 0 bridgehead atoms. The number of amides is 1. The number of carbonyl (C=O) groups is 3. The Labute approximate surface area is 216 Å². The summed E-state index contributed by atoms with van der Waals surface area (Å²) in [5.74, 6) is -3.52. The zero-order valence-corrected chi connectivity index (χ0v) is 21.3. The van der Waals surface area contributed by atoms with Crippen molar-refractivity contribution >= 4 is 29.4 Å². The van der Waals surface area contributed by atoms with Gasteiger partial charge in [-0.3, -0.25) is 9.78 Å². The Kier molecular flexibility index (Phi) is 12.3. The first-order valence-corrected chi connectivity index (χ1v) is 11.3. The SMILES string of the molecule is CC(C)Oc1ccc(C(=O)NCc2cc(CC(OC(C)C)C(=O)O)ccn2)c(Cl)c1.O=C(O)C(F)(F)F. The third kappa shape index (κ3) is 11.9. The number of carboxylic acids is 2. The number of hydrogen-bond acceptors (Lipinski definition) is 6. The summed E-state index contributed by atoms with van der Waals surface area (Å²) >= 11 is 6.22. The van der Waals surface area contributed by atoms with Gasteiger partial charge in [0, 0.05) is 12.6 Å². The van der Waals surface area contributed by atoms with Gasteiger partial charge in [-0.2, -0.15) is 13.2 Å². The molecule has 13 heteroatoms. The lowest BCUT2D eigenvalue weighted by Gasteiger charge is -2.16. The molecule has 2 rings (SSSR count). The molecule has 0 aliphatic heterocycles. The summed E-state index contributed by atoms with van der Waals surface area (Å²) in [6.07, 6.45) is -4.43. The minimum absolute atomic E-state index is 0.00533. The zero-order valence-electron chi connectivity index (χ0n) is 20.5. The smallest absolute Gasteiger partial charge is 0.490 e. The summed E-state index contributed by atoms with van der Waals surface area (Å²) in [5, 5.41) is 19.5. The minimum Gasteiger partial charge on any atom is -0.491 e. The molecule has 3 N–H and O–H groups in total. The molecule has 0 radical (unpaired) electrons. The highest BCUT2D eigenvalue weighted by molar-refractivity contribution is 6.34. The Hall–Kier alpha value is -3.38. The molecule has 1 aromatic carbocycles. The Bertz CT molecular complexity index is 1080. The first kappa shape index (κ1) is 31.6. The number of alkyl halides is 3. The van der Waals surface area contributed by atoms with E-state index in [1.54, 1.807) is 50.4 Å². The summed E-state index contributed by atoms with van der Waals surface area (Å²) in [4.78, 5) is 37.0. The van der Waals surface area contributed by atoms with Crippen LogP contribution >= 0.6 is 11.6 Å². The highest BCUT2D eigenvalue weighted by Gasteiger charge is 2.38. The summed E-state index contributed by atoms with van der Waals surface area (Å²) in [6, 6.07) is 8.40. The minimum atomic E-state index is -5.08. The molecule has 0 fully saturated rings. The van der Waals surface area contributed by atoms with Gasteiger partial charge in [-0.1, -0.05) is 11.6 Å². The van der Waals surface area contributed by atoms with Gasteiger partial charge in [0.05, 0.1) is 35.0 Å². The van der Waals surface area contributed by atoms with Crippen LogP contribution in [0.1, 0.15) is 49.3 Å². The van der Waals surface area contributed by atoms with Crippen molar-refractivity contribution in [1.29, 1.82) is 0 Å². The van der Waals surface area contributed by atoms with Crippen LogP contribution < -0.4 is 10.1 Å². The van der Waals surface area contributed by atoms with Crippen LogP contribution in [0.5, 0.6) is 5.75 Å². The summed E-state index contributed by atoms with van der Waals surface area (Å²) in [7, 11) is 0. The van der Waals surface area contributed by atoms with Crippen molar-refractivity contribution in [2.24, 2.45) is 0 Å². The lowest BCUT2D eigenvalue weighted by atomic mass is 10.1. The Morgan fingerprint density at radius 3 is 2.16 bits per heavy atom. The summed E-state index contributed by atoms with van der Waals surface area (Å²) in [5.41, 5.74) is 1.70. The second-order valence-electron chi connectivity index (χ2n) is 8.17. The highest BCUT2D eigenvalue weighted by Crippen LogP contribution is 2.23. The van der Waals surface area contributed by atoms with Crippen LogP contribution in [0.25, 0.3) is 0 Å². The molecule has 0 saturated carbocycles. The van der Waals surface area contributed by atoms with Gasteiger partial charge < -0.3 is 25.0 Å². The normalized spacial score (nSPS) is 11.9. The molecule has 2 aromatic rings. The van der Waals surface area contributed by atoms with Gasteiger partial charge in [-0.15, -0.1) is 0 Å². The fourth-order valence-electron chi connectivity index (χ4n) is 2.78. The Morgan fingerprint density at radius 1 is 1.05 bits per heavy atom. The second-order valence-corrected chi connectivity index (χ2v) is 8.57. The zero-order chi connectivity index (χ0) is 28.3. The Balaban J connectivity index is 0.000000856. The third-order valence-corrected chi connectivity index (χ3v) is 4.56. The molecule has 1 atom stereocenters. The van der Waals surface area contributed by atoms with E-state index < -0.39 is 24.2 Å². The van der Waals surface area contributed by atoms with Crippen molar-refractivity contribution in [2.75, 3.05) is 0 Å². The maximum absolute atomic E-state index is 12.5. The molecule has 0 aliphatic rings. The van der Waals surface area contributed by atoms with Gasteiger partial charge in [-0.25, -0.2) is 9.59 Å². The number of nitrogens with one attached hydrogen (secondary N) is 1. The predicted octanol–water partition coefficient (Wildman–Crippen LogP) is 4.51. The van der Waals surface area contributed by atoms with Gasteiger partial charge in [0.15, 0.2) is 6.10 Å². The molecule has 1 aromatic heterocycles. The van der Waals surface area contributed by atoms with Crippen molar-refractivity contribution in [1.82, 2.24) is 10.3 Å². The van der Waals surface area contributed by atoms with Crippen molar-refractivity contribution in [3.63, 3.8) is 0 Å². The number of carboxylic acid groups (broad SMARTS) is 2. The maximum Gasteiger partial charge on any atom is 0.490 e. The van der Waals surface area contributed by atoms with Gasteiger partial charge >= 0.3 is 18.1 Å². The lowest BCUT2D eigenvalue weighted by Crippen LogP contribution is -2.29. The summed E-state index contributed by atoms with van der Waals surface area (Å²) < 4.78 is 42.7. The number of hydrogen-bond donors (Lipinski definition) is 3. The van der Waals surface area contributed by atoms with E-state index in [0.717, 1.165) is 5.56 Å². The molecule has 204 valence electrons. The standard InChI is InChI=1S/C22H27ClN2O5.C2HF3O2/c1-13(2)29-17-5-6-18(19(23)11-17)21(26)25-12-16-9-15(7-8-24-16)10-20(22(27)28)30-14(3)4;3-2(4,5)1(6)7/h5-9,11,13-14,20H,10,12H2,1-4H3,(H,25,26)(H,27,28);(H,6,7). The van der Waals surface area contributed by atoms with E-state index in [4.69, 9.17) is 31.0 Å². The van der Waals surface area contributed by atoms with Crippen molar-refractivity contribution in [3.8, 4) is 5.75 Å². The lowest BCUT2D eigenvalue weighted by molar-refractivity contribution is -0.192. The average molecular weight is 549 g/mol. The van der Waals surface area contributed by atoms with E-state index >= 15 is 0 Å². The number of halogens is 4. The molecular formula is C24H28ClF3N2O7. The summed E-state index contributed by atoms with van der Waals surface area (Å²) in [6.45, 7) is 7.56. The van der Waals surface area contributed by atoms with Crippen LogP contribution in [0, 0.1) is 0 Å². The van der Waals surface area contributed by atoms with Crippen molar-refractivity contribution < 1.29 is 47.2 Å². The fourth-order valence-corrected chi connectivity index (χ4v) is 3.04. The fraction of sp³-hybridized carbons (Fsp3) is 0.417. The maximum atomic E-state index is 12.5. The number of pyridine rings is 1. The molecule has 1 heterocycles. The number of aromatic nitrogens is 1. The van der Waals surface area contributed by atoms with E-state index in [2.05, 4.69) is 10.3 Å². The predicted molar refractivity (Wildman–Crippen MR) is 128 cm³/mol. The largest absolute Gasteiger partial charge is 0.491 e. The van der Waals surface area contributed by atoms with E-state index in [1.165, 1.54) is 0 Å². The van der Waals surface area contributed by atoms with Crippen LogP contribution in [0.15, 0.2) is 36.5 Å². The molecule has 1 unspecified atom stereocenters. The molecule has 1 amide bonds. The highest BCUT2D eigenvalue weighted by atomic mass is 35.5. The quantitative estimate of drug-likeness (QED) is 0.395. The van der Waals surface area contributed by atoms with Crippen LogP contribution in [-0.2, 0) is 27.3 Å². The number of nitrogens with zero attached hydrogens (tertiary/aromatic N) is 1. The molecule has 0 saturated heterocycles. The van der Waals surface area contributed by atoms with Crippen LogP contribution in [0.4, 0.5) is 13.2 Å². The number of aliphatic carboxylic acids is 2. The number of carbonyl (C=O) groups excluding carboxylic acids is 1. The van der Waals surface area contributed by atoms with Gasteiger partial charge in [0.25, 0.3) is 5.91 Å². The van der Waals surface area contributed by atoms with Crippen molar-refractivity contribution in [2.45, 2.75) is 65.1 Å². The van der Waals surface area contributed by atoms with E-state index in [0.29, 0.717) is 22.0 Å². The van der Waals surface area contributed by atoms with Crippen LogP contribution in [-0.4, -0.2) is 57.5 Å². The molecule has 0 aliphatic carbocycles. The van der Waals surface area contributed by atoms with Crippen LogP contribution in [0.2, 0.25) is 5.02 Å². The molecule has 9 nitrogen and oxygen atoms in total. The number of benzene rings is 1. The second kappa shape index (κ2) is 14.4. The third-order valence-electron chi connectivity index (χ3n) is 4.24.